The second-order valence-corrected chi connectivity index (χ2v) is 10.8. The third kappa shape index (κ3) is 11.2. The zero-order valence-corrected chi connectivity index (χ0v) is 26.5. The summed E-state index contributed by atoms with van der Waals surface area (Å²) in [7, 11) is 1.66. The van der Waals surface area contributed by atoms with Crippen LogP contribution in [0.3, 0.4) is 0 Å². The van der Waals surface area contributed by atoms with Crippen LogP contribution in [0.4, 0.5) is 5.69 Å². The molecule has 0 spiro atoms. The Bertz CT molecular complexity index is 976. The van der Waals surface area contributed by atoms with Gasteiger partial charge in [0, 0.05) is 26.2 Å². The number of carbonyl (C=O) groups excluding carboxylic acids is 1. The van der Waals surface area contributed by atoms with Gasteiger partial charge in [-0.2, -0.15) is 0 Å². The summed E-state index contributed by atoms with van der Waals surface area (Å²) in [6.45, 7) is 18.5. The normalized spacial score (nSPS) is 17.8. The highest BCUT2D eigenvalue weighted by atomic mass is 16.5. The SMILES string of the molecule is CC.CCC(C)(C)C(Cc1ccc(-c2ccc(NN)c(C)c2)cc1)NC(=O)C1CNCC(OC)CO1.CCCC. The van der Waals surface area contributed by atoms with E-state index in [1.165, 1.54) is 18.4 Å². The molecule has 3 unspecified atom stereocenters. The Kier molecular flexibility index (Phi) is 16.7. The Labute approximate surface area is 244 Å². The molecule has 2 aromatic carbocycles. The van der Waals surface area contributed by atoms with Crippen LogP contribution in [0.5, 0.6) is 0 Å². The number of amides is 1. The van der Waals surface area contributed by atoms with Gasteiger partial charge in [-0.25, -0.2) is 0 Å². The molecule has 1 saturated heterocycles. The molecule has 0 bridgehead atoms. The van der Waals surface area contributed by atoms with Crippen molar-refractivity contribution in [2.24, 2.45) is 11.3 Å². The van der Waals surface area contributed by atoms with Crippen LogP contribution in [0.1, 0.15) is 78.9 Å². The van der Waals surface area contributed by atoms with Gasteiger partial charge in [0.25, 0.3) is 5.91 Å². The molecule has 3 atom stereocenters. The molecule has 0 aliphatic carbocycles. The molecule has 0 aromatic heterocycles. The van der Waals surface area contributed by atoms with E-state index in [2.05, 4.69) is 87.1 Å². The third-order valence-corrected chi connectivity index (χ3v) is 7.59. The number of unbranched alkanes of at least 4 members (excludes halogenated alkanes) is 1. The molecule has 3 rings (SSSR count). The monoisotopic (exact) mass is 556 g/mol. The van der Waals surface area contributed by atoms with Crippen LogP contribution in [0, 0.1) is 12.3 Å². The van der Waals surface area contributed by atoms with Gasteiger partial charge in [-0.15, -0.1) is 0 Å². The quantitative estimate of drug-likeness (QED) is 0.204. The van der Waals surface area contributed by atoms with Crippen LogP contribution in [0.25, 0.3) is 11.1 Å². The molecule has 7 heteroatoms. The van der Waals surface area contributed by atoms with Crippen LogP contribution >= 0.6 is 0 Å². The first-order chi connectivity index (χ1) is 19.2. The summed E-state index contributed by atoms with van der Waals surface area (Å²) in [5.74, 6) is 5.48. The highest BCUT2D eigenvalue weighted by molar-refractivity contribution is 5.81. The molecule has 5 N–H and O–H groups in total. The van der Waals surface area contributed by atoms with Gasteiger partial charge in [0.2, 0.25) is 0 Å². The molecule has 1 aliphatic rings. The molecule has 226 valence electrons. The van der Waals surface area contributed by atoms with Gasteiger partial charge in [-0.1, -0.05) is 91.6 Å². The van der Waals surface area contributed by atoms with Crippen LogP contribution in [-0.2, 0) is 20.7 Å². The molecule has 1 heterocycles. The number of methoxy groups -OCH3 is 1. The van der Waals surface area contributed by atoms with E-state index in [0.717, 1.165) is 35.2 Å². The van der Waals surface area contributed by atoms with Crippen LogP contribution < -0.4 is 21.9 Å². The number of ether oxygens (including phenoxy) is 2. The van der Waals surface area contributed by atoms with Crippen molar-refractivity contribution in [1.29, 1.82) is 0 Å². The van der Waals surface area contributed by atoms with Crippen LogP contribution in [-0.4, -0.2) is 51.0 Å². The summed E-state index contributed by atoms with van der Waals surface area (Å²) < 4.78 is 11.2. The van der Waals surface area contributed by atoms with Crippen LogP contribution in [0.15, 0.2) is 42.5 Å². The van der Waals surface area contributed by atoms with E-state index in [9.17, 15) is 4.79 Å². The summed E-state index contributed by atoms with van der Waals surface area (Å²) in [4.78, 5) is 13.1. The number of hydrogen-bond acceptors (Lipinski definition) is 6. The van der Waals surface area contributed by atoms with Crippen molar-refractivity contribution >= 4 is 11.6 Å². The topological polar surface area (TPSA) is 97.6 Å². The van der Waals surface area contributed by atoms with Crippen molar-refractivity contribution in [3.05, 3.63) is 53.6 Å². The highest BCUT2D eigenvalue weighted by Gasteiger charge is 2.32. The lowest BCUT2D eigenvalue weighted by molar-refractivity contribution is -0.135. The number of nitrogen functional groups attached to an aromatic ring is 1. The van der Waals surface area contributed by atoms with Crippen LogP contribution in [0.2, 0.25) is 0 Å². The largest absolute Gasteiger partial charge is 0.378 e. The Morgan fingerprint density at radius 2 is 1.70 bits per heavy atom. The predicted octanol–water partition coefficient (Wildman–Crippen LogP) is 6.25. The van der Waals surface area contributed by atoms with Crippen molar-refractivity contribution in [1.82, 2.24) is 10.6 Å². The first-order valence-corrected chi connectivity index (χ1v) is 15.0. The van der Waals surface area contributed by atoms with E-state index in [0.29, 0.717) is 19.7 Å². The van der Waals surface area contributed by atoms with Gasteiger partial charge >= 0.3 is 0 Å². The van der Waals surface area contributed by atoms with Gasteiger partial charge in [0.1, 0.15) is 6.10 Å². The Morgan fingerprint density at radius 1 is 1.07 bits per heavy atom. The molecular weight excluding hydrogens is 500 g/mol. The number of benzene rings is 2. The number of rotatable bonds is 10. The highest BCUT2D eigenvalue weighted by Crippen LogP contribution is 2.29. The molecule has 1 amide bonds. The van der Waals surface area contributed by atoms with Crippen molar-refractivity contribution in [3.8, 4) is 11.1 Å². The van der Waals surface area contributed by atoms with Crippen molar-refractivity contribution in [3.63, 3.8) is 0 Å². The average molecular weight is 557 g/mol. The maximum Gasteiger partial charge on any atom is 0.250 e. The zero-order valence-electron chi connectivity index (χ0n) is 26.5. The molecule has 0 radical (unpaired) electrons. The fraction of sp³-hybridized carbons (Fsp3) is 0.606. The van der Waals surface area contributed by atoms with E-state index >= 15 is 0 Å². The lowest BCUT2D eigenvalue weighted by Gasteiger charge is -2.35. The van der Waals surface area contributed by atoms with Gasteiger partial charge in [0.05, 0.1) is 18.4 Å². The molecular formula is C33H56N4O3. The molecule has 1 fully saturated rings. The smallest absolute Gasteiger partial charge is 0.250 e. The second-order valence-electron chi connectivity index (χ2n) is 10.8. The molecule has 1 aliphatic heterocycles. The summed E-state index contributed by atoms with van der Waals surface area (Å²) in [6.07, 6.45) is 3.78. The molecule has 0 saturated carbocycles. The minimum Gasteiger partial charge on any atom is -0.378 e. The van der Waals surface area contributed by atoms with Crippen molar-refractivity contribution in [2.75, 3.05) is 32.2 Å². The van der Waals surface area contributed by atoms with E-state index in [-0.39, 0.29) is 23.5 Å². The lowest BCUT2D eigenvalue weighted by atomic mass is 9.78. The Morgan fingerprint density at radius 3 is 2.23 bits per heavy atom. The Hall–Kier alpha value is -2.45. The van der Waals surface area contributed by atoms with Gasteiger partial charge in [-0.05, 0) is 59.6 Å². The zero-order chi connectivity index (χ0) is 30.1. The molecule has 40 heavy (non-hydrogen) atoms. The number of hydrogen-bond donors (Lipinski definition) is 4. The number of anilines is 1. The number of nitrogens with two attached hydrogens (primary N) is 1. The minimum atomic E-state index is -0.521. The first kappa shape index (κ1) is 35.6. The molecule has 2 aromatic rings. The Balaban J connectivity index is 0.00000122. The fourth-order valence-corrected chi connectivity index (χ4v) is 4.14. The average Bonchev–Trinajstić information content (AvgIpc) is 3.24. The second kappa shape index (κ2) is 18.8. The van der Waals surface area contributed by atoms with E-state index in [1.54, 1.807) is 7.11 Å². The number of nitrogens with one attached hydrogen (secondary N) is 3. The first-order valence-electron chi connectivity index (χ1n) is 15.0. The maximum absolute atomic E-state index is 13.1. The fourth-order valence-electron chi connectivity index (χ4n) is 4.14. The number of aryl methyl sites for hydroxylation is 1. The predicted molar refractivity (Wildman–Crippen MR) is 169 cm³/mol. The minimum absolute atomic E-state index is 0.0157. The molecule has 7 nitrogen and oxygen atoms in total. The number of hydrazine groups is 1. The third-order valence-electron chi connectivity index (χ3n) is 7.59. The summed E-state index contributed by atoms with van der Waals surface area (Å²) in [6, 6.07) is 14.7. The number of carbonyl (C=O) groups is 1. The van der Waals surface area contributed by atoms with E-state index in [1.807, 2.05) is 26.8 Å². The van der Waals surface area contributed by atoms with Crippen molar-refractivity contribution in [2.45, 2.75) is 99.3 Å². The van der Waals surface area contributed by atoms with Gasteiger partial charge < -0.3 is 25.5 Å². The summed E-state index contributed by atoms with van der Waals surface area (Å²) in [5.41, 5.74) is 8.16. The maximum atomic E-state index is 13.1. The van der Waals surface area contributed by atoms with Crippen molar-refractivity contribution < 1.29 is 14.3 Å². The summed E-state index contributed by atoms with van der Waals surface area (Å²) in [5, 5.41) is 6.56. The standard InChI is InChI=1S/C27H40N4O3.C4H10.C2H6/c1-6-27(3,4)25(30-26(32)24-16-29-15-22(33-5)17-34-24)14-19-7-9-20(10-8-19)21-11-12-23(31-28)18(2)13-21;1-3-4-2;1-2/h7-13,22,24-25,29,31H,6,14-17,28H2,1-5H3,(H,30,32);3-4H2,1-2H3;1-2H3. The van der Waals surface area contributed by atoms with Gasteiger partial charge in [-0.3, -0.25) is 10.6 Å². The van der Waals surface area contributed by atoms with Gasteiger partial charge in [0.15, 0.2) is 0 Å². The lowest BCUT2D eigenvalue weighted by Crippen LogP contribution is -2.51. The summed E-state index contributed by atoms with van der Waals surface area (Å²) >= 11 is 0. The van der Waals surface area contributed by atoms with E-state index < -0.39 is 6.10 Å². The van der Waals surface area contributed by atoms with E-state index in [4.69, 9.17) is 15.3 Å².